The zero-order valence-electron chi connectivity index (χ0n) is 18.1. The summed E-state index contributed by atoms with van der Waals surface area (Å²) < 4.78 is 19.9. The molecule has 1 atom stereocenters. The van der Waals surface area contributed by atoms with Crippen molar-refractivity contribution in [1.29, 1.82) is 0 Å². The lowest BCUT2D eigenvalue weighted by Crippen LogP contribution is -2.44. The fourth-order valence-electron chi connectivity index (χ4n) is 3.38. The Morgan fingerprint density at radius 2 is 1.87 bits per heavy atom. The molecule has 2 aromatic carbocycles. The molecule has 3 N–H and O–H groups in total. The highest BCUT2D eigenvalue weighted by molar-refractivity contribution is 14.0. The van der Waals surface area contributed by atoms with Crippen molar-refractivity contribution in [1.82, 2.24) is 10.6 Å². The highest BCUT2D eigenvalue weighted by Crippen LogP contribution is 2.22. The van der Waals surface area contributed by atoms with E-state index in [2.05, 4.69) is 15.6 Å². The first kappa shape index (κ1) is 25.4. The van der Waals surface area contributed by atoms with Crippen LogP contribution in [0.3, 0.4) is 0 Å². The number of anilines is 1. The zero-order valence-corrected chi connectivity index (χ0v) is 20.4. The molecule has 0 bridgehead atoms. The van der Waals surface area contributed by atoms with Gasteiger partial charge >= 0.3 is 0 Å². The standard InChI is InChI=1S/C23H31FN4O2.HI/c1-3-25-22(27-17-23(2,29)19-7-5-4-6-8-19)26-16-18-9-10-21(20(24)15-18)28-11-13-30-14-12-28;/h4-10,15,29H,3,11-14,16-17H2,1-2H3,(H2,25,26,27);1H. The lowest BCUT2D eigenvalue weighted by Gasteiger charge is -2.29. The molecule has 1 saturated heterocycles. The number of guanidine groups is 1. The van der Waals surface area contributed by atoms with Crippen LogP contribution >= 0.6 is 24.0 Å². The Balaban J connectivity index is 0.00000341. The normalized spacial score (nSPS) is 16.3. The van der Waals surface area contributed by atoms with Gasteiger partial charge in [0, 0.05) is 19.6 Å². The summed E-state index contributed by atoms with van der Waals surface area (Å²) in [5, 5.41) is 17.1. The van der Waals surface area contributed by atoms with Crippen LogP contribution in [0.5, 0.6) is 0 Å². The summed E-state index contributed by atoms with van der Waals surface area (Å²) in [4.78, 5) is 6.55. The van der Waals surface area contributed by atoms with E-state index in [1.165, 1.54) is 6.07 Å². The van der Waals surface area contributed by atoms with Crippen LogP contribution in [0.4, 0.5) is 10.1 Å². The van der Waals surface area contributed by atoms with Gasteiger partial charge in [-0.2, -0.15) is 0 Å². The van der Waals surface area contributed by atoms with Crippen molar-refractivity contribution in [2.45, 2.75) is 26.0 Å². The first-order chi connectivity index (χ1) is 14.5. The molecule has 3 rings (SSSR count). The Kier molecular flexibility index (Phi) is 9.98. The number of nitrogens with one attached hydrogen (secondary N) is 2. The third-order valence-corrected chi connectivity index (χ3v) is 5.12. The van der Waals surface area contributed by atoms with Crippen LogP contribution in [-0.4, -0.2) is 50.5 Å². The van der Waals surface area contributed by atoms with Gasteiger partial charge in [-0.1, -0.05) is 36.4 Å². The predicted octanol–water partition coefficient (Wildman–Crippen LogP) is 3.24. The lowest BCUT2D eigenvalue weighted by atomic mass is 9.96. The molecule has 1 aliphatic heterocycles. The number of aliphatic hydroxyl groups is 1. The summed E-state index contributed by atoms with van der Waals surface area (Å²) in [6.07, 6.45) is 0. The molecular weight excluding hydrogens is 510 g/mol. The highest BCUT2D eigenvalue weighted by atomic mass is 127. The molecular formula is C23H32FIN4O2. The summed E-state index contributed by atoms with van der Waals surface area (Å²) in [7, 11) is 0. The molecule has 0 aromatic heterocycles. The number of ether oxygens (including phenoxy) is 1. The van der Waals surface area contributed by atoms with Crippen LogP contribution in [0.25, 0.3) is 0 Å². The molecule has 1 unspecified atom stereocenters. The average Bonchev–Trinajstić information content (AvgIpc) is 2.77. The summed E-state index contributed by atoms with van der Waals surface area (Å²) in [5.41, 5.74) is 1.18. The third-order valence-electron chi connectivity index (χ3n) is 5.12. The number of hydrogen-bond donors (Lipinski definition) is 3. The van der Waals surface area contributed by atoms with Gasteiger partial charge < -0.3 is 25.4 Å². The summed E-state index contributed by atoms with van der Waals surface area (Å²) in [6, 6.07) is 14.8. The van der Waals surface area contributed by atoms with Gasteiger partial charge in [0.1, 0.15) is 11.4 Å². The van der Waals surface area contributed by atoms with E-state index in [1.54, 1.807) is 6.92 Å². The molecule has 8 heteroatoms. The maximum atomic E-state index is 14.6. The van der Waals surface area contributed by atoms with E-state index in [4.69, 9.17) is 4.74 Å². The quantitative estimate of drug-likeness (QED) is 0.285. The SMILES string of the molecule is CCNC(=NCc1ccc(N2CCOCC2)c(F)c1)NCC(C)(O)c1ccccc1.I. The van der Waals surface area contributed by atoms with E-state index in [1.807, 2.05) is 54.3 Å². The van der Waals surface area contributed by atoms with Gasteiger partial charge in [0.25, 0.3) is 0 Å². The van der Waals surface area contributed by atoms with Crippen LogP contribution in [0, 0.1) is 5.82 Å². The predicted molar refractivity (Wildman–Crippen MR) is 134 cm³/mol. The number of aliphatic imine (C=N–C) groups is 1. The second-order valence-electron chi connectivity index (χ2n) is 7.57. The van der Waals surface area contributed by atoms with E-state index in [-0.39, 0.29) is 29.8 Å². The minimum Gasteiger partial charge on any atom is -0.384 e. The molecule has 170 valence electrons. The lowest BCUT2D eigenvalue weighted by molar-refractivity contribution is 0.0617. The van der Waals surface area contributed by atoms with Crippen molar-refractivity contribution in [3.05, 3.63) is 65.5 Å². The molecule has 1 fully saturated rings. The van der Waals surface area contributed by atoms with E-state index >= 15 is 0 Å². The fraction of sp³-hybridized carbons (Fsp3) is 0.435. The van der Waals surface area contributed by atoms with Gasteiger partial charge in [-0.3, -0.25) is 0 Å². The van der Waals surface area contributed by atoms with Crippen LogP contribution in [0.15, 0.2) is 53.5 Å². The third kappa shape index (κ3) is 7.33. The summed E-state index contributed by atoms with van der Waals surface area (Å²) in [5.74, 6) is 0.334. The Labute approximate surface area is 200 Å². The summed E-state index contributed by atoms with van der Waals surface area (Å²) >= 11 is 0. The number of morpholine rings is 1. The van der Waals surface area contributed by atoms with Crippen LogP contribution in [0.2, 0.25) is 0 Å². The molecule has 0 radical (unpaired) electrons. The van der Waals surface area contributed by atoms with Crippen molar-refractivity contribution in [2.75, 3.05) is 44.3 Å². The van der Waals surface area contributed by atoms with Crippen molar-refractivity contribution in [3.63, 3.8) is 0 Å². The molecule has 1 heterocycles. The Hall–Kier alpha value is -1.91. The van der Waals surface area contributed by atoms with Crippen LogP contribution in [-0.2, 0) is 16.9 Å². The number of hydrogen-bond acceptors (Lipinski definition) is 4. The summed E-state index contributed by atoms with van der Waals surface area (Å²) in [6.45, 7) is 7.70. The number of halogens is 2. The van der Waals surface area contributed by atoms with E-state index in [0.29, 0.717) is 57.6 Å². The van der Waals surface area contributed by atoms with Gasteiger partial charge in [0.2, 0.25) is 0 Å². The Morgan fingerprint density at radius 3 is 2.52 bits per heavy atom. The molecule has 6 nitrogen and oxygen atoms in total. The van der Waals surface area contributed by atoms with E-state index in [9.17, 15) is 9.50 Å². The maximum Gasteiger partial charge on any atom is 0.191 e. The molecule has 2 aromatic rings. The van der Waals surface area contributed by atoms with Crippen molar-refractivity contribution in [2.24, 2.45) is 4.99 Å². The number of benzene rings is 2. The molecule has 31 heavy (non-hydrogen) atoms. The maximum absolute atomic E-state index is 14.6. The van der Waals surface area contributed by atoms with Crippen LogP contribution < -0.4 is 15.5 Å². The van der Waals surface area contributed by atoms with Crippen LogP contribution in [0.1, 0.15) is 25.0 Å². The zero-order chi connectivity index (χ0) is 21.4. The van der Waals surface area contributed by atoms with Crippen molar-refractivity contribution >= 4 is 35.6 Å². The first-order valence-corrected chi connectivity index (χ1v) is 10.4. The van der Waals surface area contributed by atoms with E-state index in [0.717, 1.165) is 11.1 Å². The van der Waals surface area contributed by atoms with Gasteiger partial charge in [-0.05, 0) is 37.1 Å². The number of nitrogens with zero attached hydrogens (tertiary/aromatic N) is 2. The van der Waals surface area contributed by atoms with Crippen molar-refractivity contribution < 1.29 is 14.2 Å². The van der Waals surface area contributed by atoms with Gasteiger partial charge in [0.05, 0.1) is 32.0 Å². The smallest absolute Gasteiger partial charge is 0.191 e. The fourth-order valence-corrected chi connectivity index (χ4v) is 3.38. The molecule has 0 aliphatic carbocycles. The molecule has 0 saturated carbocycles. The molecule has 0 amide bonds. The van der Waals surface area contributed by atoms with Crippen molar-refractivity contribution in [3.8, 4) is 0 Å². The second-order valence-corrected chi connectivity index (χ2v) is 7.57. The van der Waals surface area contributed by atoms with Gasteiger partial charge in [0.15, 0.2) is 5.96 Å². The minimum absolute atomic E-state index is 0. The van der Waals surface area contributed by atoms with Gasteiger partial charge in [-0.25, -0.2) is 9.38 Å². The van der Waals surface area contributed by atoms with Gasteiger partial charge in [-0.15, -0.1) is 24.0 Å². The Morgan fingerprint density at radius 1 is 1.16 bits per heavy atom. The second kappa shape index (κ2) is 12.2. The first-order valence-electron chi connectivity index (χ1n) is 10.4. The molecule has 0 spiro atoms. The van der Waals surface area contributed by atoms with E-state index < -0.39 is 5.60 Å². The Bertz CT molecular complexity index is 843. The highest BCUT2D eigenvalue weighted by Gasteiger charge is 2.23. The molecule has 1 aliphatic rings. The minimum atomic E-state index is -1.04. The largest absolute Gasteiger partial charge is 0.384 e. The number of rotatable bonds is 7. The average molecular weight is 542 g/mol. The monoisotopic (exact) mass is 542 g/mol. The topological polar surface area (TPSA) is 69.1 Å².